The zero-order chi connectivity index (χ0) is 41.8. The SMILES string of the molecule is CCc1cc(NC(=O)C(C)(O)COc2ccc(C#N)c(F)c2)ccc1[N+](=O)[O-].CCc1cc(NC(=O)C(C)(O)COc2ccc(C#N)c(F)c2)ccc1[N+](=O)[O-]. The molecule has 56 heavy (non-hydrogen) atoms. The Hall–Kier alpha value is -7.02. The quantitative estimate of drug-likeness (QED) is 0.0867. The molecule has 4 aromatic carbocycles. The van der Waals surface area contributed by atoms with Crippen LogP contribution in [0.2, 0.25) is 0 Å². The Kier molecular flexibility index (Phi) is 14.6. The average Bonchev–Trinajstić information content (AvgIpc) is 3.16. The number of hydrogen-bond acceptors (Lipinski definition) is 12. The molecule has 0 saturated heterocycles. The summed E-state index contributed by atoms with van der Waals surface area (Å²) in [5, 5.41) is 65.0. The van der Waals surface area contributed by atoms with Crippen LogP contribution in [0.1, 0.15) is 49.9 Å². The van der Waals surface area contributed by atoms with Crippen molar-refractivity contribution < 1.29 is 47.9 Å². The second-order valence-electron chi connectivity index (χ2n) is 12.4. The number of halogens is 2. The maximum atomic E-state index is 13.6. The summed E-state index contributed by atoms with van der Waals surface area (Å²) >= 11 is 0. The van der Waals surface area contributed by atoms with Crippen molar-refractivity contribution in [2.45, 2.75) is 51.7 Å². The first-order chi connectivity index (χ1) is 26.3. The van der Waals surface area contributed by atoms with Crippen LogP contribution >= 0.6 is 0 Å². The molecule has 0 saturated carbocycles. The molecule has 0 fully saturated rings. The van der Waals surface area contributed by atoms with E-state index >= 15 is 0 Å². The smallest absolute Gasteiger partial charge is 0.272 e. The number of aryl methyl sites for hydroxylation is 2. The number of rotatable bonds is 14. The van der Waals surface area contributed by atoms with Gasteiger partial charge in [0.25, 0.3) is 23.2 Å². The highest BCUT2D eigenvalue weighted by Gasteiger charge is 2.33. The number of carbonyl (C=O) groups is 2. The molecule has 0 aliphatic rings. The molecule has 0 spiro atoms. The molecule has 2 unspecified atom stereocenters. The van der Waals surface area contributed by atoms with Crippen LogP contribution in [-0.2, 0) is 22.4 Å². The van der Waals surface area contributed by atoms with Gasteiger partial charge >= 0.3 is 0 Å². The topological polar surface area (TPSA) is 251 Å². The van der Waals surface area contributed by atoms with Crippen LogP contribution in [0.25, 0.3) is 0 Å². The average molecular weight is 775 g/mol. The van der Waals surface area contributed by atoms with Crippen molar-refractivity contribution >= 4 is 34.6 Å². The van der Waals surface area contributed by atoms with Gasteiger partial charge in [0.2, 0.25) is 0 Å². The molecular weight excluding hydrogens is 738 g/mol. The van der Waals surface area contributed by atoms with Gasteiger partial charge in [-0.25, -0.2) is 8.78 Å². The third-order valence-corrected chi connectivity index (χ3v) is 7.97. The second kappa shape index (κ2) is 18.8. The molecule has 16 nitrogen and oxygen atoms in total. The molecule has 4 rings (SSSR count). The fourth-order valence-corrected chi connectivity index (χ4v) is 4.71. The minimum atomic E-state index is -1.96. The van der Waals surface area contributed by atoms with E-state index in [4.69, 9.17) is 20.0 Å². The van der Waals surface area contributed by atoms with E-state index in [0.717, 1.165) is 12.1 Å². The predicted octanol–water partition coefficient (Wildman–Crippen LogP) is 5.87. The Morgan fingerprint density at radius 3 is 1.34 bits per heavy atom. The standard InChI is InChI=1S/2C19H18FN3O5/c2*1-3-12-8-14(5-7-17(12)23(26)27)22-18(24)19(2,25)11-28-15-6-4-13(10-21)16(20)9-15/h2*4-9,25H,3,11H2,1-2H3,(H,22,24). The van der Waals surface area contributed by atoms with E-state index in [1.165, 1.54) is 74.5 Å². The number of nitrogens with one attached hydrogen (secondary N) is 2. The highest BCUT2D eigenvalue weighted by molar-refractivity contribution is 5.97. The van der Waals surface area contributed by atoms with Gasteiger partial charge in [-0.05, 0) is 75.2 Å². The zero-order valence-electron chi connectivity index (χ0n) is 30.5. The van der Waals surface area contributed by atoms with Gasteiger partial charge in [0.15, 0.2) is 11.2 Å². The summed E-state index contributed by atoms with van der Waals surface area (Å²) in [5.41, 5.74) is -2.88. The van der Waals surface area contributed by atoms with Crippen molar-refractivity contribution in [3.8, 4) is 23.6 Å². The van der Waals surface area contributed by atoms with E-state index in [0.29, 0.717) is 24.0 Å². The fraction of sp³-hybridized carbons (Fsp3) is 0.263. The number of hydrogen-bond donors (Lipinski definition) is 4. The van der Waals surface area contributed by atoms with Gasteiger partial charge in [0.1, 0.15) is 48.5 Å². The molecule has 2 amide bonds. The normalized spacial score (nSPS) is 12.5. The van der Waals surface area contributed by atoms with E-state index in [9.17, 15) is 48.8 Å². The number of amides is 2. The largest absolute Gasteiger partial charge is 0.490 e. The number of nitriles is 2. The third-order valence-electron chi connectivity index (χ3n) is 7.97. The Bertz CT molecular complexity index is 2060. The highest BCUT2D eigenvalue weighted by atomic mass is 19.1. The zero-order valence-corrected chi connectivity index (χ0v) is 30.5. The maximum Gasteiger partial charge on any atom is 0.272 e. The molecule has 0 bridgehead atoms. The van der Waals surface area contributed by atoms with Crippen LogP contribution < -0.4 is 20.1 Å². The predicted molar refractivity (Wildman–Crippen MR) is 197 cm³/mol. The number of nitro benzene ring substituents is 2. The van der Waals surface area contributed by atoms with Crippen molar-refractivity contribution in [3.05, 3.63) is 127 Å². The van der Waals surface area contributed by atoms with Crippen LogP contribution in [-0.4, -0.2) is 56.3 Å². The first kappa shape index (κ1) is 43.4. The van der Waals surface area contributed by atoms with E-state index in [2.05, 4.69) is 10.6 Å². The van der Waals surface area contributed by atoms with Gasteiger partial charge in [-0.3, -0.25) is 29.8 Å². The van der Waals surface area contributed by atoms with Crippen LogP contribution in [0.15, 0.2) is 72.8 Å². The first-order valence-corrected chi connectivity index (χ1v) is 16.6. The van der Waals surface area contributed by atoms with E-state index < -0.39 is 57.7 Å². The monoisotopic (exact) mass is 774 g/mol. The van der Waals surface area contributed by atoms with Crippen LogP contribution in [0.5, 0.6) is 11.5 Å². The number of ether oxygens (including phenoxy) is 2. The molecule has 4 aromatic rings. The molecule has 2 atom stereocenters. The van der Waals surface area contributed by atoms with Gasteiger partial charge in [-0.1, -0.05) is 13.8 Å². The van der Waals surface area contributed by atoms with Gasteiger partial charge < -0.3 is 30.3 Å². The number of benzene rings is 4. The fourth-order valence-electron chi connectivity index (χ4n) is 4.71. The molecule has 0 heterocycles. The van der Waals surface area contributed by atoms with Gasteiger partial charge in [-0.2, -0.15) is 10.5 Å². The van der Waals surface area contributed by atoms with Crippen molar-refractivity contribution in [1.82, 2.24) is 0 Å². The molecule has 18 heteroatoms. The van der Waals surface area contributed by atoms with E-state index in [-0.39, 0.29) is 45.4 Å². The number of nitro groups is 2. The molecule has 0 aromatic heterocycles. The van der Waals surface area contributed by atoms with Crippen LogP contribution in [0.3, 0.4) is 0 Å². The Morgan fingerprint density at radius 1 is 0.696 bits per heavy atom. The molecular formula is C38H36F2N6O10. The van der Waals surface area contributed by atoms with Gasteiger partial charge in [0, 0.05) is 46.8 Å². The highest BCUT2D eigenvalue weighted by Crippen LogP contribution is 2.26. The lowest BCUT2D eigenvalue weighted by atomic mass is 10.1. The number of carbonyl (C=O) groups excluding carboxylic acids is 2. The van der Waals surface area contributed by atoms with Crippen molar-refractivity contribution in [1.29, 1.82) is 10.5 Å². The minimum absolute atomic E-state index is 0.0492. The lowest BCUT2D eigenvalue weighted by Gasteiger charge is -2.22. The second-order valence-corrected chi connectivity index (χ2v) is 12.4. The maximum absolute atomic E-state index is 13.6. The van der Waals surface area contributed by atoms with E-state index in [1.807, 2.05) is 0 Å². The first-order valence-electron chi connectivity index (χ1n) is 16.6. The summed E-state index contributed by atoms with van der Waals surface area (Å²) in [4.78, 5) is 45.6. The van der Waals surface area contributed by atoms with Gasteiger partial charge in [-0.15, -0.1) is 0 Å². The summed E-state index contributed by atoms with van der Waals surface area (Å²) in [7, 11) is 0. The lowest BCUT2D eigenvalue weighted by Crippen LogP contribution is -2.45. The van der Waals surface area contributed by atoms with Crippen molar-refractivity contribution in [3.63, 3.8) is 0 Å². The lowest BCUT2D eigenvalue weighted by molar-refractivity contribution is -0.385. The summed E-state index contributed by atoms with van der Waals surface area (Å²) < 4.78 is 37.7. The van der Waals surface area contributed by atoms with Crippen LogP contribution in [0.4, 0.5) is 31.5 Å². The molecule has 292 valence electrons. The molecule has 0 aliphatic heterocycles. The summed E-state index contributed by atoms with van der Waals surface area (Å²) in [6.07, 6.45) is 0.785. The molecule has 0 aliphatic carbocycles. The van der Waals surface area contributed by atoms with Crippen LogP contribution in [0, 0.1) is 54.5 Å². The number of anilines is 2. The summed E-state index contributed by atoms with van der Waals surface area (Å²) in [6.45, 7) is 4.97. The molecule has 4 N–H and O–H groups in total. The van der Waals surface area contributed by atoms with Gasteiger partial charge in [0.05, 0.1) is 21.0 Å². The summed E-state index contributed by atoms with van der Waals surface area (Å²) in [5.74, 6) is -3.04. The third kappa shape index (κ3) is 11.5. The number of aliphatic hydroxyl groups is 2. The minimum Gasteiger partial charge on any atom is -0.490 e. The Balaban J connectivity index is 0.000000300. The van der Waals surface area contributed by atoms with Crippen molar-refractivity contribution in [2.24, 2.45) is 0 Å². The number of nitrogens with zero attached hydrogens (tertiary/aromatic N) is 4. The van der Waals surface area contributed by atoms with E-state index in [1.54, 1.807) is 26.0 Å². The Labute approximate surface area is 318 Å². The Morgan fingerprint density at radius 2 is 1.05 bits per heavy atom. The van der Waals surface area contributed by atoms with Crippen molar-refractivity contribution in [2.75, 3.05) is 23.8 Å². The molecule has 0 radical (unpaired) electrons. The summed E-state index contributed by atoms with van der Waals surface area (Å²) in [6, 6.07) is 18.7.